The highest BCUT2D eigenvalue weighted by atomic mass is 19.1. The molecule has 9 heteroatoms. The molecule has 1 aliphatic heterocycles. The van der Waals surface area contributed by atoms with Crippen molar-refractivity contribution in [2.75, 3.05) is 6.61 Å². The molecule has 0 saturated carbocycles. The number of carbonyl (C=O) groups excluding carboxylic acids is 2. The number of aromatic nitrogens is 2. The third-order valence-corrected chi connectivity index (χ3v) is 6.07. The van der Waals surface area contributed by atoms with Crippen LogP contribution in [0.25, 0.3) is 22.0 Å². The molecule has 0 bridgehead atoms. The van der Waals surface area contributed by atoms with Crippen LogP contribution in [0.15, 0.2) is 67.0 Å². The lowest BCUT2D eigenvalue weighted by Gasteiger charge is -2.27. The third-order valence-electron chi connectivity index (χ3n) is 6.07. The molecule has 3 amide bonds. The average molecular weight is 484 g/mol. The minimum absolute atomic E-state index is 0.0588. The van der Waals surface area contributed by atoms with E-state index in [9.17, 15) is 19.1 Å². The number of aromatic hydroxyl groups is 1. The molecule has 4 aromatic rings. The zero-order chi connectivity index (χ0) is 25.3. The number of rotatable bonds is 6. The van der Waals surface area contributed by atoms with Crippen molar-refractivity contribution in [3.05, 3.63) is 78.4 Å². The summed E-state index contributed by atoms with van der Waals surface area (Å²) in [6.07, 6.45) is 2.83. The highest BCUT2D eigenvalue weighted by Gasteiger charge is 2.48. The number of carbonyl (C=O) groups is 2. The van der Waals surface area contributed by atoms with E-state index in [0.717, 1.165) is 11.6 Å². The van der Waals surface area contributed by atoms with Gasteiger partial charge in [-0.05, 0) is 42.8 Å². The number of amides is 3. The number of fused-ring (bicyclic) bond motifs is 1. The van der Waals surface area contributed by atoms with Crippen molar-refractivity contribution >= 4 is 22.7 Å². The van der Waals surface area contributed by atoms with Crippen molar-refractivity contribution in [2.24, 2.45) is 0 Å². The van der Waals surface area contributed by atoms with Crippen LogP contribution in [0.5, 0.6) is 11.6 Å². The Hall–Kier alpha value is -4.84. The number of nitrogens with zero attached hydrogens (tertiary/aromatic N) is 2. The van der Waals surface area contributed by atoms with E-state index in [2.05, 4.69) is 27.5 Å². The quantitative estimate of drug-likeness (QED) is 0.286. The molecule has 0 unspecified atom stereocenters. The van der Waals surface area contributed by atoms with Crippen LogP contribution in [0, 0.1) is 17.7 Å². The lowest BCUT2D eigenvalue weighted by Crippen LogP contribution is -2.47. The van der Waals surface area contributed by atoms with Crippen LogP contribution >= 0.6 is 0 Å². The van der Waals surface area contributed by atoms with Crippen molar-refractivity contribution in [3.8, 4) is 34.7 Å². The third kappa shape index (κ3) is 4.09. The molecule has 3 heterocycles. The molecule has 0 radical (unpaired) electrons. The Labute approximate surface area is 205 Å². The van der Waals surface area contributed by atoms with Crippen LogP contribution in [-0.4, -0.2) is 33.2 Å². The number of halogens is 1. The zero-order valence-electron chi connectivity index (χ0n) is 19.2. The summed E-state index contributed by atoms with van der Waals surface area (Å²) in [5.41, 5.74) is 0.327. The van der Waals surface area contributed by atoms with Crippen molar-refractivity contribution in [1.82, 2.24) is 20.2 Å². The first-order valence-corrected chi connectivity index (χ1v) is 11.1. The molecule has 2 aromatic carbocycles. The van der Waals surface area contributed by atoms with E-state index in [4.69, 9.17) is 4.74 Å². The molecule has 1 aliphatic rings. The normalized spacial score (nSPS) is 16.8. The predicted molar refractivity (Wildman–Crippen MR) is 131 cm³/mol. The Kier molecular flexibility index (Phi) is 5.78. The van der Waals surface area contributed by atoms with Crippen molar-refractivity contribution in [2.45, 2.75) is 19.0 Å². The van der Waals surface area contributed by atoms with E-state index >= 15 is 0 Å². The fraction of sp³-hybridized carbons (Fsp3) is 0.148. The van der Waals surface area contributed by atoms with Crippen molar-refractivity contribution < 1.29 is 23.8 Å². The molecule has 36 heavy (non-hydrogen) atoms. The van der Waals surface area contributed by atoms with E-state index in [0.29, 0.717) is 28.0 Å². The van der Waals surface area contributed by atoms with Gasteiger partial charge in [0.25, 0.3) is 5.91 Å². The van der Waals surface area contributed by atoms with Crippen LogP contribution in [0.2, 0.25) is 0 Å². The Morgan fingerprint density at radius 2 is 1.94 bits per heavy atom. The maximum Gasteiger partial charge on any atom is 0.322 e. The number of ether oxygens (including phenoxy) is 1. The fourth-order valence-electron chi connectivity index (χ4n) is 4.25. The van der Waals surface area contributed by atoms with E-state index in [1.807, 2.05) is 0 Å². The number of urea groups is 1. The van der Waals surface area contributed by atoms with Gasteiger partial charge in [0.2, 0.25) is 0 Å². The number of benzene rings is 2. The second-order valence-corrected chi connectivity index (χ2v) is 8.30. The van der Waals surface area contributed by atoms with Crippen LogP contribution in [0.3, 0.4) is 0 Å². The van der Waals surface area contributed by atoms with Gasteiger partial charge in [-0.1, -0.05) is 30.2 Å². The Balaban J connectivity index is 1.50. The van der Waals surface area contributed by atoms with Gasteiger partial charge in [0, 0.05) is 22.5 Å². The Morgan fingerprint density at radius 3 is 2.61 bits per heavy atom. The van der Waals surface area contributed by atoms with Crippen LogP contribution in [0.4, 0.5) is 9.18 Å². The highest BCUT2D eigenvalue weighted by molar-refractivity contribution is 6.07. The molecule has 1 saturated heterocycles. The first-order valence-electron chi connectivity index (χ1n) is 11.1. The molecule has 1 fully saturated rings. The van der Waals surface area contributed by atoms with Gasteiger partial charge in [0.15, 0.2) is 11.4 Å². The van der Waals surface area contributed by atoms with Crippen LogP contribution < -0.4 is 15.4 Å². The van der Waals surface area contributed by atoms with Gasteiger partial charge in [-0.25, -0.2) is 9.18 Å². The van der Waals surface area contributed by atoms with Crippen molar-refractivity contribution in [3.63, 3.8) is 0 Å². The molecule has 0 aliphatic carbocycles. The minimum Gasteiger partial charge on any atom is -0.494 e. The van der Waals surface area contributed by atoms with Gasteiger partial charge >= 0.3 is 6.03 Å². The summed E-state index contributed by atoms with van der Waals surface area (Å²) in [7, 11) is 0. The molecule has 3 N–H and O–H groups in total. The van der Waals surface area contributed by atoms with Crippen LogP contribution in [-0.2, 0) is 16.9 Å². The predicted octanol–water partition coefficient (Wildman–Crippen LogP) is 3.69. The Morgan fingerprint density at radius 1 is 1.14 bits per heavy atom. The van der Waals surface area contributed by atoms with E-state index in [1.165, 1.54) is 10.6 Å². The summed E-state index contributed by atoms with van der Waals surface area (Å²) in [5.74, 6) is 5.06. The topological polar surface area (TPSA) is 105 Å². The Bertz CT molecular complexity index is 1530. The minimum atomic E-state index is -1.46. The second kappa shape index (κ2) is 9.07. The van der Waals surface area contributed by atoms with Gasteiger partial charge < -0.3 is 19.7 Å². The maximum atomic E-state index is 13.2. The van der Waals surface area contributed by atoms with E-state index in [-0.39, 0.29) is 19.0 Å². The van der Waals surface area contributed by atoms with Gasteiger partial charge in [0.1, 0.15) is 18.2 Å². The van der Waals surface area contributed by atoms with Gasteiger partial charge in [-0.3, -0.25) is 15.1 Å². The monoisotopic (exact) mass is 484 g/mol. The SMILES string of the molecule is CC#CCOc1ccc2cn(C[C@@]3(c4ccc(-c5ccc(F)cn5)cc4)NC(=O)NC3=O)c(O)c2c1. The molecule has 1 atom stereocenters. The summed E-state index contributed by atoms with van der Waals surface area (Å²) in [6, 6.07) is 14.4. The number of pyridine rings is 1. The average Bonchev–Trinajstić information content (AvgIpc) is 3.34. The lowest BCUT2D eigenvalue weighted by atomic mass is 9.88. The zero-order valence-corrected chi connectivity index (χ0v) is 19.2. The highest BCUT2D eigenvalue weighted by Crippen LogP contribution is 2.35. The number of nitrogens with one attached hydrogen (secondary N) is 2. The van der Waals surface area contributed by atoms with E-state index in [1.54, 1.807) is 61.7 Å². The summed E-state index contributed by atoms with van der Waals surface area (Å²) in [4.78, 5) is 29.3. The van der Waals surface area contributed by atoms with Crippen LogP contribution in [0.1, 0.15) is 12.5 Å². The van der Waals surface area contributed by atoms with Gasteiger partial charge in [-0.15, -0.1) is 5.92 Å². The number of hydrogen-bond donors (Lipinski definition) is 3. The molecule has 5 rings (SSSR count). The molecule has 2 aromatic heterocycles. The first kappa shape index (κ1) is 22.9. The molecular formula is C27H21FN4O4. The number of imide groups is 1. The van der Waals surface area contributed by atoms with Crippen molar-refractivity contribution in [1.29, 1.82) is 0 Å². The standard InChI is InChI=1S/C27H21FN4O4/c1-2-3-12-36-21-10-6-18-15-32(24(33)22(18)13-21)16-27(25(34)30-26(35)31-27)19-7-4-17(5-8-19)23-11-9-20(28)14-29-23/h4-11,13-15,33H,12,16H2,1H3,(H2,30,31,34,35)/t27-/m0/s1. The summed E-state index contributed by atoms with van der Waals surface area (Å²) in [6.45, 7) is 1.89. The molecular weight excluding hydrogens is 463 g/mol. The summed E-state index contributed by atoms with van der Waals surface area (Å²) in [5, 5.41) is 17.3. The maximum absolute atomic E-state index is 13.2. The van der Waals surface area contributed by atoms with E-state index < -0.39 is 23.3 Å². The first-order chi connectivity index (χ1) is 17.4. The summed E-state index contributed by atoms with van der Waals surface area (Å²) < 4.78 is 20.3. The second-order valence-electron chi connectivity index (χ2n) is 8.30. The van der Waals surface area contributed by atoms with Gasteiger partial charge in [0.05, 0.1) is 18.4 Å². The lowest BCUT2D eigenvalue weighted by molar-refractivity contribution is -0.124. The number of hydrogen-bond acceptors (Lipinski definition) is 5. The largest absolute Gasteiger partial charge is 0.494 e. The molecule has 8 nitrogen and oxygen atoms in total. The smallest absolute Gasteiger partial charge is 0.322 e. The van der Waals surface area contributed by atoms with Gasteiger partial charge in [-0.2, -0.15) is 0 Å². The fourth-order valence-corrected chi connectivity index (χ4v) is 4.25. The summed E-state index contributed by atoms with van der Waals surface area (Å²) >= 11 is 0. The molecule has 0 spiro atoms. The molecule has 180 valence electrons.